The van der Waals surface area contributed by atoms with Crippen molar-refractivity contribution in [3.05, 3.63) is 29.3 Å². The van der Waals surface area contributed by atoms with Crippen molar-refractivity contribution in [3.63, 3.8) is 0 Å². The van der Waals surface area contributed by atoms with Crippen molar-refractivity contribution >= 4 is 5.91 Å². The quantitative estimate of drug-likeness (QED) is 0.721. The van der Waals surface area contributed by atoms with E-state index in [1.165, 1.54) is 6.07 Å². The largest absolute Gasteiger partial charge is 0.508 e. The Morgan fingerprint density at radius 1 is 1.29 bits per heavy atom. The second kappa shape index (κ2) is 4.88. The molecule has 8 heteroatoms. The Kier molecular flexibility index (Phi) is 3.29. The second-order valence-electron chi connectivity index (χ2n) is 5.28. The predicted molar refractivity (Wildman–Crippen MR) is 66.8 cm³/mol. The molecule has 21 heavy (non-hydrogen) atoms. The highest BCUT2D eigenvalue weighted by Gasteiger charge is 2.53. The van der Waals surface area contributed by atoms with Crippen molar-refractivity contribution in [2.45, 2.75) is 25.3 Å². The molecule has 2 atom stereocenters. The van der Waals surface area contributed by atoms with Crippen LogP contribution in [-0.2, 0) is 17.9 Å². The molecule has 5 nitrogen and oxygen atoms in total. The fourth-order valence-electron chi connectivity index (χ4n) is 2.98. The number of rotatable bonds is 1. The summed E-state index contributed by atoms with van der Waals surface area (Å²) in [6.45, 7) is 0.495. The van der Waals surface area contributed by atoms with Gasteiger partial charge in [-0.2, -0.15) is 13.2 Å². The van der Waals surface area contributed by atoms with Crippen LogP contribution in [0.3, 0.4) is 0 Å². The number of hydrogen-bond donors (Lipinski definition) is 3. The number of carbonyl (C=O) groups excluding carboxylic acids is 1. The zero-order valence-electron chi connectivity index (χ0n) is 10.9. The Morgan fingerprint density at radius 2 is 2.05 bits per heavy atom. The summed E-state index contributed by atoms with van der Waals surface area (Å²) < 4.78 is 39.4. The van der Waals surface area contributed by atoms with E-state index in [1.807, 2.05) is 5.43 Å². The van der Waals surface area contributed by atoms with Crippen molar-refractivity contribution in [3.8, 4) is 5.75 Å². The van der Waals surface area contributed by atoms with Crippen LogP contribution in [0.2, 0.25) is 0 Å². The van der Waals surface area contributed by atoms with Crippen LogP contribution >= 0.6 is 0 Å². The number of halogens is 3. The number of aromatic hydroxyl groups is 1. The van der Waals surface area contributed by atoms with Crippen LogP contribution in [0.25, 0.3) is 0 Å². The van der Waals surface area contributed by atoms with Gasteiger partial charge in [0.2, 0.25) is 5.91 Å². The van der Waals surface area contributed by atoms with Crippen molar-refractivity contribution in [2.75, 3.05) is 6.54 Å². The molecule has 2 unspecified atom stereocenters. The van der Waals surface area contributed by atoms with Gasteiger partial charge in [-0.25, -0.2) is 5.43 Å². The Morgan fingerprint density at radius 3 is 2.71 bits per heavy atom. The maximum Gasteiger partial charge on any atom is 0.402 e. The number of nitrogens with one attached hydrogen (secondary N) is 2. The Labute approximate surface area is 118 Å². The molecule has 1 aromatic carbocycles. The van der Waals surface area contributed by atoms with Gasteiger partial charge in [-0.15, -0.1) is 0 Å². The number of alkyl halides is 3. The molecule has 1 fully saturated rings. The number of phenolic OH excluding ortho intramolecular Hbond substituents is 1. The van der Waals surface area contributed by atoms with E-state index >= 15 is 0 Å². The molecule has 1 amide bonds. The van der Waals surface area contributed by atoms with Crippen LogP contribution in [0.5, 0.6) is 5.75 Å². The third-order valence-corrected chi connectivity index (χ3v) is 3.99. The normalized spacial score (nSPS) is 26.5. The fraction of sp³-hybridized carbons (Fsp3) is 0.462. The minimum Gasteiger partial charge on any atom is -0.508 e. The van der Waals surface area contributed by atoms with E-state index in [2.05, 4.69) is 5.43 Å². The lowest BCUT2D eigenvalue weighted by Crippen LogP contribution is -2.63. The van der Waals surface area contributed by atoms with Gasteiger partial charge in [0, 0.05) is 31.2 Å². The molecular formula is C13H14F3N3O2. The fourth-order valence-corrected chi connectivity index (χ4v) is 2.98. The minimum absolute atomic E-state index is 0.00463. The number of fused-ring (bicyclic) bond motifs is 1. The summed E-state index contributed by atoms with van der Waals surface area (Å²) >= 11 is 0. The monoisotopic (exact) mass is 301 g/mol. The first-order chi connectivity index (χ1) is 9.88. The van der Waals surface area contributed by atoms with E-state index in [-0.39, 0.29) is 25.4 Å². The molecular weight excluding hydrogens is 287 g/mol. The van der Waals surface area contributed by atoms with E-state index in [9.17, 15) is 23.1 Å². The standard InChI is InChI=1S/C13H14F3N3O2/c14-13(15,16)11-9(4-17-18-12(11)21)19-5-7-2-1-3-10(20)8(7)6-19/h1-3,9,11,17,20H,4-6H2,(H,18,21). The number of hydrazine groups is 1. The predicted octanol–water partition coefficient (Wildman–Crippen LogP) is 0.889. The van der Waals surface area contributed by atoms with Crippen LogP contribution in [-0.4, -0.2) is 34.7 Å². The average molecular weight is 301 g/mol. The highest BCUT2D eigenvalue weighted by molar-refractivity contribution is 5.80. The topological polar surface area (TPSA) is 64.6 Å². The number of amides is 1. The molecule has 0 radical (unpaired) electrons. The van der Waals surface area contributed by atoms with Gasteiger partial charge in [-0.05, 0) is 11.6 Å². The summed E-state index contributed by atoms with van der Waals surface area (Å²) in [5, 5.41) is 9.78. The third-order valence-electron chi connectivity index (χ3n) is 3.99. The maximum absolute atomic E-state index is 13.1. The highest BCUT2D eigenvalue weighted by atomic mass is 19.4. The molecule has 2 aliphatic rings. The summed E-state index contributed by atoms with van der Waals surface area (Å²) in [6.07, 6.45) is -4.60. The first-order valence-electron chi connectivity index (χ1n) is 6.51. The number of benzene rings is 1. The summed E-state index contributed by atoms with van der Waals surface area (Å²) in [6, 6.07) is 3.94. The molecule has 2 heterocycles. The Balaban J connectivity index is 1.87. The Hall–Kier alpha value is -1.80. The first-order valence-corrected chi connectivity index (χ1v) is 6.51. The van der Waals surface area contributed by atoms with E-state index in [0.717, 1.165) is 5.56 Å². The zero-order valence-corrected chi connectivity index (χ0v) is 10.9. The lowest BCUT2D eigenvalue weighted by molar-refractivity contribution is -0.201. The van der Waals surface area contributed by atoms with Crippen LogP contribution < -0.4 is 10.9 Å². The number of phenols is 1. The molecule has 3 N–H and O–H groups in total. The van der Waals surface area contributed by atoms with Crippen LogP contribution in [0.4, 0.5) is 13.2 Å². The van der Waals surface area contributed by atoms with Gasteiger partial charge in [-0.1, -0.05) is 12.1 Å². The summed E-state index contributed by atoms with van der Waals surface area (Å²) in [4.78, 5) is 13.2. The van der Waals surface area contributed by atoms with Crippen molar-refractivity contribution in [1.82, 2.24) is 15.8 Å². The molecule has 2 aliphatic heterocycles. The van der Waals surface area contributed by atoms with E-state index in [0.29, 0.717) is 5.56 Å². The lowest BCUT2D eigenvalue weighted by Gasteiger charge is -2.38. The summed E-state index contributed by atoms with van der Waals surface area (Å²) in [5.41, 5.74) is 5.96. The lowest BCUT2D eigenvalue weighted by atomic mass is 9.95. The third kappa shape index (κ3) is 2.44. The Bertz CT molecular complexity index is 576. The molecule has 3 rings (SSSR count). The first kappa shape index (κ1) is 14.2. The van der Waals surface area contributed by atoms with E-state index in [1.54, 1.807) is 17.0 Å². The van der Waals surface area contributed by atoms with Gasteiger partial charge in [0.25, 0.3) is 0 Å². The SMILES string of the molecule is O=C1NNCC(N2Cc3cccc(O)c3C2)C1C(F)(F)F. The van der Waals surface area contributed by atoms with Crippen molar-refractivity contribution in [1.29, 1.82) is 0 Å². The van der Waals surface area contributed by atoms with E-state index in [4.69, 9.17) is 0 Å². The molecule has 114 valence electrons. The molecule has 0 aliphatic carbocycles. The average Bonchev–Trinajstić information content (AvgIpc) is 2.82. The number of nitrogens with zero attached hydrogens (tertiary/aromatic N) is 1. The second-order valence-corrected chi connectivity index (χ2v) is 5.28. The molecule has 1 aromatic rings. The molecule has 0 aromatic heterocycles. The van der Waals surface area contributed by atoms with Crippen LogP contribution in [0.15, 0.2) is 18.2 Å². The van der Waals surface area contributed by atoms with Crippen LogP contribution in [0.1, 0.15) is 11.1 Å². The molecule has 0 bridgehead atoms. The van der Waals surface area contributed by atoms with Gasteiger partial charge in [0.15, 0.2) is 5.92 Å². The molecule has 0 spiro atoms. The highest BCUT2D eigenvalue weighted by Crippen LogP contribution is 2.37. The van der Waals surface area contributed by atoms with Gasteiger partial charge in [0.1, 0.15) is 5.75 Å². The van der Waals surface area contributed by atoms with Gasteiger partial charge in [0.05, 0.1) is 0 Å². The number of hydrogen-bond acceptors (Lipinski definition) is 4. The smallest absolute Gasteiger partial charge is 0.402 e. The van der Waals surface area contributed by atoms with Gasteiger partial charge < -0.3 is 5.11 Å². The zero-order chi connectivity index (χ0) is 15.2. The van der Waals surface area contributed by atoms with Crippen LogP contribution in [0, 0.1) is 5.92 Å². The number of carbonyl (C=O) groups is 1. The summed E-state index contributed by atoms with van der Waals surface area (Å²) in [5.74, 6) is -3.07. The van der Waals surface area contributed by atoms with Crippen molar-refractivity contribution in [2.24, 2.45) is 5.92 Å². The van der Waals surface area contributed by atoms with Gasteiger partial charge in [-0.3, -0.25) is 15.1 Å². The molecule has 1 saturated heterocycles. The van der Waals surface area contributed by atoms with Gasteiger partial charge >= 0.3 is 6.18 Å². The maximum atomic E-state index is 13.1. The van der Waals surface area contributed by atoms with E-state index < -0.39 is 24.0 Å². The minimum atomic E-state index is -4.60. The molecule has 0 saturated carbocycles. The van der Waals surface area contributed by atoms with Crippen molar-refractivity contribution < 1.29 is 23.1 Å². The summed E-state index contributed by atoms with van der Waals surface area (Å²) in [7, 11) is 0.